The molecule has 1 amide bonds. The van der Waals surface area contributed by atoms with Gasteiger partial charge in [0.15, 0.2) is 5.76 Å². The monoisotopic (exact) mass is 423 g/mol. The molecule has 1 N–H and O–H groups in total. The van der Waals surface area contributed by atoms with Crippen molar-refractivity contribution in [1.82, 2.24) is 24.6 Å². The Balaban J connectivity index is 1.37. The van der Waals surface area contributed by atoms with Crippen molar-refractivity contribution in [2.75, 3.05) is 6.54 Å². The lowest BCUT2D eigenvalue weighted by molar-refractivity contribution is -0.124. The number of carbonyl (C=O) groups excluding carboxylic acids is 1. The second kappa shape index (κ2) is 9.11. The molecule has 0 radical (unpaired) electrons. The Hall–Kier alpha value is -3.49. The van der Waals surface area contributed by atoms with Gasteiger partial charge >= 0.3 is 0 Å². The van der Waals surface area contributed by atoms with Gasteiger partial charge in [0, 0.05) is 31.1 Å². The molecule has 9 nitrogen and oxygen atoms in total. The minimum atomic E-state index is -0.818. The maximum absolute atomic E-state index is 12.6. The fourth-order valence-electron chi connectivity index (χ4n) is 3.87. The normalized spacial score (nSPS) is 15.1. The molecule has 0 spiro atoms. The zero-order valence-corrected chi connectivity index (χ0v) is 17.4. The molecule has 1 saturated carbocycles. The van der Waals surface area contributed by atoms with Crippen molar-refractivity contribution in [2.45, 2.75) is 51.1 Å². The van der Waals surface area contributed by atoms with Crippen LogP contribution >= 0.6 is 0 Å². The van der Waals surface area contributed by atoms with Crippen molar-refractivity contribution in [3.8, 4) is 11.5 Å². The van der Waals surface area contributed by atoms with Crippen LogP contribution < -0.4 is 16.4 Å². The zero-order valence-electron chi connectivity index (χ0n) is 17.4. The number of furan rings is 1. The average Bonchev–Trinajstić information content (AvgIpc) is 3.49. The number of amides is 1. The van der Waals surface area contributed by atoms with Crippen LogP contribution in [-0.4, -0.2) is 31.8 Å². The minimum Gasteiger partial charge on any atom is -0.463 e. The quantitative estimate of drug-likeness (QED) is 0.623. The molecule has 3 aromatic heterocycles. The van der Waals surface area contributed by atoms with E-state index in [-0.39, 0.29) is 23.6 Å². The predicted molar refractivity (Wildman–Crippen MR) is 114 cm³/mol. The third-order valence-corrected chi connectivity index (χ3v) is 5.67. The van der Waals surface area contributed by atoms with Crippen LogP contribution in [0, 0.1) is 0 Å². The standard InChI is InChI=1S/C22H25N5O4/c1-15(27-20(28)9-8-17(25-27)19-7-4-12-31-19)22(30)23-10-11-26-14-24-18(13-21(26)29)16-5-2-3-6-16/h4,7-9,12-16H,2-3,5-6,10-11H2,1H3,(H,23,30). The third kappa shape index (κ3) is 4.65. The van der Waals surface area contributed by atoms with Gasteiger partial charge in [-0.1, -0.05) is 12.8 Å². The van der Waals surface area contributed by atoms with E-state index in [4.69, 9.17) is 4.42 Å². The van der Waals surface area contributed by atoms with E-state index in [1.54, 1.807) is 37.5 Å². The van der Waals surface area contributed by atoms with Gasteiger partial charge in [0.2, 0.25) is 5.91 Å². The Morgan fingerprint density at radius 3 is 2.74 bits per heavy atom. The van der Waals surface area contributed by atoms with Crippen molar-refractivity contribution in [2.24, 2.45) is 0 Å². The van der Waals surface area contributed by atoms with E-state index >= 15 is 0 Å². The van der Waals surface area contributed by atoms with Gasteiger partial charge in [-0.3, -0.25) is 19.0 Å². The molecular formula is C22H25N5O4. The summed E-state index contributed by atoms with van der Waals surface area (Å²) in [6.07, 6.45) is 7.59. The fourth-order valence-corrected chi connectivity index (χ4v) is 3.87. The molecule has 1 aliphatic rings. The summed E-state index contributed by atoms with van der Waals surface area (Å²) < 4.78 is 7.90. The van der Waals surface area contributed by atoms with Gasteiger partial charge in [0.05, 0.1) is 18.3 Å². The zero-order chi connectivity index (χ0) is 21.8. The molecule has 0 aromatic carbocycles. The van der Waals surface area contributed by atoms with Crippen molar-refractivity contribution in [3.05, 3.63) is 69.3 Å². The maximum Gasteiger partial charge on any atom is 0.267 e. The molecule has 1 fully saturated rings. The molecule has 0 aliphatic heterocycles. The summed E-state index contributed by atoms with van der Waals surface area (Å²) in [5.74, 6) is 0.523. The molecule has 9 heteroatoms. The van der Waals surface area contributed by atoms with Crippen molar-refractivity contribution in [3.63, 3.8) is 0 Å². The van der Waals surface area contributed by atoms with Crippen LogP contribution in [0.25, 0.3) is 11.5 Å². The predicted octanol–water partition coefficient (Wildman–Crippen LogP) is 2.09. The molecule has 1 unspecified atom stereocenters. The Morgan fingerprint density at radius 2 is 2.03 bits per heavy atom. The van der Waals surface area contributed by atoms with Gasteiger partial charge in [-0.25, -0.2) is 9.67 Å². The first-order chi connectivity index (χ1) is 15.0. The highest BCUT2D eigenvalue weighted by molar-refractivity contribution is 5.79. The summed E-state index contributed by atoms with van der Waals surface area (Å²) in [6, 6.07) is 7.14. The lowest BCUT2D eigenvalue weighted by Gasteiger charge is -2.15. The SMILES string of the molecule is CC(C(=O)NCCn1cnc(C2CCCC2)cc1=O)n1nc(-c2ccco2)ccc1=O. The van der Waals surface area contributed by atoms with Gasteiger partial charge in [-0.2, -0.15) is 5.10 Å². The highest BCUT2D eigenvalue weighted by atomic mass is 16.3. The molecule has 3 heterocycles. The minimum absolute atomic E-state index is 0.122. The van der Waals surface area contributed by atoms with Crippen LogP contribution in [0.1, 0.15) is 50.3 Å². The number of carbonyl (C=O) groups is 1. The molecule has 1 atom stereocenters. The summed E-state index contributed by atoms with van der Waals surface area (Å²) in [6.45, 7) is 2.13. The Morgan fingerprint density at radius 1 is 1.23 bits per heavy atom. The summed E-state index contributed by atoms with van der Waals surface area (Å²) >= 11 is 0. The average molecular weight is 423 g/mol. The van der Waals surface area contributed by atoms with E-state index in [1.807, 2.05) is 0 Å². The molecule has 162 valence electrons. The first-order valence-corrected chi connectivity index (χ1v) is 10.5. The van der Waals surface area contributed by atoms with E-state index in [0.717, 1.165) is 23.2 Å². The van der Waals surface area contributed by atoms with Crippen LogP contribution in [0.5, 0.6) is 0 Å². The van der Waals surface area contributed by atoms with E-state index < -0.39 is 6.04 Å². The van der Waals surface area contributed by atoms with Crippen molar-refractivity contribution >= 4 is 5.91 Å². The summed E-state index contributed by atoms with van der Waals surface area (Å²) in [4.78, 5) is 41.6. The van der Waals surface area contributed by atoms with Crippen LogP contribution in [0.3, 0.4) is 0 Å². The Bertz CT molecular complexity index is 1160. The second-order valence-corrected chi connectivity index (χ2v) is 7.77. The lowest BCUT2D eigenvalue weighted by Crippen LogP contribution is -2.39. The van der Waals surface area contributed by atoms with E-state index in [9.17, 15) is 14.4 Å². The summed E-state index contributed by atoms with van der Waals surface area (Å²) in [5.41, 5.74) is 0.812. The molecule has 3 aromatic rings. The second-order valence-electron chi connectivity index (χ2n) is 7.77. The highest BCUT2D eigenvalue weighted by Gasteiger charge is 2.20. The number of aromatic nitrogens is 4. The van der Waals surface area contributed by atoms with Gasteiger partial charge in [0.25, 0.3) is 11.1 Å². The number of nitrogens with zero attached hydrogens (tertiary/aromatic N) is 4. The molecule has 31 heavy (non-hydrogen) atoms. The third-order valence-electron chi connectivity index (χ3n) is 5.67. The topological polar surface area (TPSA) is 112 Å². The summed E-state index contributed by atoms with van der Waals surface area (Å²) in [7, 11) is 0. The van der Waals surface area contributed by atoms with Gasteiger partial charge < -0.3 is 9.73 Å². The smallest absolute Gasteiger partial charge is 0.267 e. The van der Waals surface area contributed by atoms with Crippen LogP contribution in [0.2, 0.25) is 0 Å². The van der Waals surface area contributed by atoms with Gasteiger partial charge in [-0.05, 0) is 38.0 Å². The first kappa shape index (κ1) is 20.8. The summed E-state index contributed by atoms with van der Waals surface area (Å²) in [5, 5.41) is 7.01. The number of nitrogens with one attached hydrogen (secondary N) is 1. The molecular weight excluding hydrogens is 398 g/mol. The Kier molecular flexibility index (Phi) is 6.11. The largest absolute Gasteiger partial charge is 0.463 e. The highest BCUT2D eigenvalue weighted by Crippen LogP contribution is 2.32. The molecule has 0 bridgehead atoms. The molecule has 0 saturated heterocycles. The van der Waals surface area contributed by atoms with Crippen LogP contribution in [0.15, 0.2) is 56.9 Å². The molecule has 1 aliphatic carbocycles. The Labute approximate surface area is 178 Å². The number of rotatable bonds is 7. The van der Waals surface area contributed by atoms with Crippen molar-refractivity contribution in [1.29, 1.82) is 0 Å². The van der Waals surface area contributed by atoms with Crippen molar-refractivity contribution < 1.29 is 9.21 Å². The van der Waals surface area contributed by atoms with E-state index in [0.29, 0.717) is 23.9 Å². The van der Waals surface area contributed by atoms with Gasteiger partial charge in [0.1, 0.15) is 11.7 Å². The first-order valence-electron chi connectivity index (χ1n) is 10.5. The van der Waals surface area contributed by atoms with Crippen LogP contribution in [0.4, 0.5) is 0 Å². The molecule has 4 rings (SSSR count). The van der Waals surface area contributed by atoms with E-state index in [1.165, 1.54) is 29.7 Å². The van der Waals surface area contributed by atoms with E-state index in [2.05, 4.69) is 15.4 Å². The number of hydrogen-bond acceptors (Lipinski definition) is 6. The van der Waals surface area contributed by atoms with Crippen LogP contribution in [-0.2, 0) is 11.3 Å². The van der Waals surface area contributed by atoms with Gasteiger partial charge in [-0.15, -0.1) is 0 Å². The number of hydrogen-bond donors (Lipinski definition) is 1. The lowest BCUT2D eigenvalue weighted by atomic mass is 10.0. The fraction of sp³-hybridized carbons (Fsp3) is 0.409. The maximum atomic E-state index is 12.6.